The Bertz CT molecular complexity index is 593. The van der Waals surface area contributed by atoms with Crippen LogP contribution in [-0.4, -0.2) is 4.98 Å². The van der Waals surface area contributed by atoms with Gasteiger partial charge in [-0.3, -0.25) is 0 Å². The summed E-state index contributed by atoms with van der Waals surface area (Å²) in [5.74, 6) is -3.77. The summed E-state index contributed by atoms with van der Waals surface area (Å²) >= 11 is 0. The van der Waals surface area contributed by atoms with Gasteiger partial charge >= 0.3 is 0 Å². The highest BCUT2D eigenvalue weighted by Crippen LogP contribution is 2.32. The number of hydrogen-bond acceptors (Lipinski definition) is 2. The number of hydrogen-bond donors (Lipinski definition) is 0. The number of rotatable bonds is 3. The fourth-order valence-electron chi connectivity index (χ4n) is 1.61. The van der Waals surface area contributed by atoms with E-state index >= 15 is 0 Å². The highest BCUT2D eigenvalue weighted by atomic mass is 19.3. The summed E-state index contributed by atoms with van der Waals surface area (Å²) in [6.45, 7) is 2.43. The van der Waals surface area contributed by atoms with Crippen LogP contribution in [-0.2, 0) is 5.92 Å². The fraction of sp³-hybridized carbons (Fsp3) is 0.214. The summed E-state index contributed by atoms with van der Waals surface area (Å²) < 4.78 is 45.0. The molecule has 0 N–H and O–H groups in total. The molecular weight excluding hydrogens is 255 g/mol. The van der Waals surface area contributed by atoms with Gasteiger partial charge in [-0.25, -0.2) is 18.2 Å². The molecule has 0 fully saturated rings. The van der Waals surface area contributed by atoms with Gasteiger partial charge in [-0.05, 0) is 25.1 Å². The maximum atomic E-state index is 13.6. The number of alkyl halides is 2. The highest BCUT2D eigenvalue weighted by Gasteiger charge is 2.28. The standard InChI is InChI=1S/C14H12F3NO/c1-9-4-3-7-18-13(9)19-10-5-6-11(12(15)8-10)14(2,16)17/h3-8H,1-2H3. The number of benzene rings is 1. The highest BCUT2D eigenvalue weighted by molar-refractivity contribution is 5.35. The minimum absolute atomic E-state index is 0.132. The summed E-state index contributed by atoms with van der Waals surface area (Å²) in [6, 6.07) is 6.77. The fourth-order valence-corrected chi connectivity index (χ4v) is 1.61. The molecule has 0 radical (unpaired) electrons. The Morgan fingerprint density at radius 2 is 1.95 bits per heavy atom. The minimum atomic E-state index is -3.22. The van der Waals surface area contributed by atoms with Crippen molar-refractivity contribution in [2.24, 2.45) is 0 Å². The Kier molecular flexibility index (Phi) is 3.46. The molecule has 100 valence electrons. The van der Waals surface area contributed by atoms with E-state index in [0.29, 0.717) is 12.8 Å². The molecule has 1 aromatic heterocycles. The van der Waals surface area contributed by atoms with Crippen LogP contribution in [0.1, 0.15) is 18.1 Å². The van der Waals surface area contributed by atoms with Gasteiger partial charge in [-0.15, -0.1) is 0 Å². The summed E-state index contributed by atoms with van der Waals surface area (Å²) in [6.07, 6.45) is 1.53. The summed E-state index contributed by atoms with van der Waals surface area (Å²) in [5.41, 5.74) is 0.116. The van der Waals surface area contributed by atoms with E-state index < -0.39 is 17.3 Å². The molecule has 1 heterocycles. The van der Waals surface area contributed by atoms with Crippen molar-refractivity contribution in [2.75, 3.05) is 0 Å². The van der Waals surface area contributed by atoms with Crippen LogP contribution in [0.2, 0.25) is 0 Å². The number of aromatic nitrogens is 1. The number of ether oxygens (including phenoxy) is 1. The van der Waals surface area contributed by atoms with Gasteiger partial charge in [0.1, 0.15) is 11.6 Å². The third-order valence-electron chi connectivity index (χ3n) is 2.59. The smallest absolute Gasteiger partial charge is 0.273 e. The maximum absolute atomic E-state index is 13.6. The Hall–Kier alpha value is -2.04. The van der Waals surface area contributed by atoms with Crippen molar-refractivity contribution in [1.29, 1.82) is 0 Å². The molecule has 2 rings (SSSR count). The van der Waals surface area contributed by atoms with Gasteiger partial charge in [0.15, 0.2) is 0 Å². The molecule has 0 unspecified atom stereocenters. The van der Waals surface area contributed by atoms with Crippen LogP contribution in [0.4, 0.5) is 13.2 Å². The van der Waals surface area contributed by atoms with E-state index in [1.54, 1.807) is 19.1 Å². The van der Waals surface area contributed by atoms with Crippen molar-refractivity contribution in [2.45, 2.75) is 19.8 Å². The SMILES string of the molecule is Cc1cccnc1Oc1ccc(C(C)(F)F)c(F)c1. The quantitative estimate of drug-likeness (QED) is 0.820. The molecule has 0 amide bonds. The van der Waals surface area contributed by atoms with Crippen LogP contribution < -0.4 is 4.74 Å². The van der Waals surface area contributed by atoms with Crippen LogP contribution in [0.5, 0.6) is 11.6 Å². The van der Waals surface area contributed by atoms with Gasteiger partial charge < -0.3 is 4.74 Å². The van der Waals surface area contributed by atoms with Crippen molar-refractivity contribution >= 4 is 0 Å². The lowest BCUT2D eigenvalue weighted by Gasteiger charge is -2.13. The number of halogens is 3. The van der Waals surface area contributed by atoms with Gasteiger partial charge in [-0.2, -0.15) is 0 Å². The summed E-state index contributed by atoms with van der Waals surface area (Å²) in [5, 5.41) is 0. The third kappa shape index (κ3) is 3.05. The van der Waals surface area contributed by atoms with E-state index in [2.05, 4.69) is 4.98 Å². The van der Waals surface area contributed by atoms with Crippen molar-refractivity contribution in [3.63, 3.8) is 0 Å². The molecule has 19 heavy (non-hydrogen) atoms. The van der Waals surface area contributed by atoms with Gasteiger partial charge in [0, 0.05) is 24.8 Å². The van der Waals surface area contributed by atoms with Crippen LogP contribution in [0.15, 0.2) is 36.5 Å². The molecule has 0 saturated carbocycles. The topological polar surface area (TPSA) is 22.1 Å². The maximum Gasteiger partial charge on any atom is 0.273 e. The average Bonchev–Trinajstić information content (AvgIpc) is 2.30. The molecule has 2 nitrogen and oxygen atoms in total. The van der Waals surface area contributed by atoms with E-state index in [-0.39, 0.29) is 5.75 Å². The molecule has 1 aromatic carbocycles. The Morgan fingerprint density at radius 3 is 2.53 bits per heavy atom. The molecule has 0 aliphatic rings. The van der Waals surface area contributed by atoms with Crippen molar-refractivity contribution in [1.82, 2.24) is 4.98 Å². The molecule has 0 atom stereocenters. The zero-order chi connectivity index (χ0) is 14.0. The van der Waals surface area contributed by atoms with Gasteiger partial charge in [0.25, 0.3) is 5.92 Å². The zero-order valence-corrected chi connectivity index (χ0v) is 10.5. The van der Waals surface area contributed by atoms with Gasteiger partial charge in [0.2, 0.25) is 5.88 Å². The van der Waals surface area contributed by atoms with E-state index in [0.717, 1.165) is 17.7 Å². The molecule has 5 heteroatoms. The van der Waals surface area contributed by atoms with Crippen molar-refractivity contribution < 1.29 is 17.9 Å². The zero-order valence-electron chi connectivity index (χ0n) is 10.5. The lowest BCUT2D eigenvalue weighted by molar-refractivity contribution is 0.0137. The van der Waals surface area contributed by atoms with E-state index in [1.807, 2.05) is 0 Å². The van der Waals surface area contributed by atoms with Crippen LogP contribution in [0.25, 0.3) is 0 Å². The molecule has 2 aromatic rings. The first kappa shape index (κ1) is 13.4. The van der Waals surface area contributed by atoms with Gasteiger partial charge in [-0.1, -0.05) is 6.07 Å². The van der Waals surface area contributed by atoms with Crippen molar-refractivity contribution in [3.05, 3.63) is 53.5 Å². The largest absolute Gasteiger partial charge is 0.439 e. The average molecular weight is 267 g/mol. The molecular formula is C14H12F3NO. The second kappa shape index (κ2) is 4.91. The molecule has 0 bridgehead atoms. The van der Waals surface area contributed by atoms with Gasteiger partial charge in [0.05, 0.1) is 5.56 Å². The third-order valence-corrected chi connectivity index (χ3v) is 2.59. The monoisotopic (exact) mass is 267 g/mol. The minimum Gasteiger partial charge on any atom is -0.439 e. The van der Waals surface area contributed by atoms with Crippen LogP contribution in [0, 0.1) is 12.7 Å². The predicted molar refractivity (Wildman–Crippen MR) is 65.0 cm³/mol. The number of pyridine rings is 1. The number of aryl methyl sites for hydroxylation is 1. The summed E-state index contributed by atoms with van der Waals surface area (Å²) in [7, 11) is 0. The predicted octanol–water partition coefficient (Wildman–Crippen LogP) is 4.43. The first-order valence-electron chi connectivity index (χ1n) is 5.65. The normalized spacial score (nSPS) is 11.4. The molecule has 0 aliphatic heterocycles. The second-order valence-electron chi connectivity index (χ2n) is 4.26. The molecule has 0 saturated heterocycles. The Balaban J connectivity index is 2.29. The Morgan fingerprint density at radius 1 is 1.21 bits per heavy atom. The summed E-state index contributed by atoms with van der Waals surface area (Å²) in [4.78, 5) is 3.98. The van der Waals surface area contributed by atoms with E-state index in [1.165, 1.54) is 12.3 Å². The first-order valence-corrected chi connectivity index (χ1v) is 5.65. The second-order valence-corrected chi connectivity index (χ2v) is 4.26. The Labute approximate surface area is 108 Å². The first-order chi connectivity index (χ1) is 8.88. The van der Waals surface area contributed by atoms with Crippen molar-refractivity contribution in [3.8, 4) is 11.6 Å². The van der Waals surface area contributed by atoms with E-state index in [4.69, 9.17) is 4.74 Å². The van der Waals surface area contributed by atoms with Crippen LogP contribution >= 0.6 is 0 Å². The lowest BCUT2D eigenvalue weighted by atomic mass is 10.1. The van der Waals surface area contributed by atoms with Crippen LogP contribution in [0.3, 0.4) is 0 Å². The lowest BCUT2D eigenvalue weighted by Crippen LogP contribution is -2.09. The number of nitrogens with zero attached hydrogens (tertiary/aromatic N) is 1. The molecule has 0 aliphatic carbocycles. The van der Waals surface area contributed by atoms with E-state index in [9.17, 15) is 13.2 Å². The molecule has 0 spiro atoms.